The van der Waals surface area contributed by atoms with Crippen molar-refractivity contribution in [3.63, 3.8) is 0 Å². The SMILES string of the molecule is NC(=S)c1ccc(Nc2ccc3c(c2)OCO3)c(F)c1. The summed E-state index contributed by atoms with van der Waals surface area (Å²) in [5.41, 5.74) is 7.00. The molecule has 0 aliphatic carbocycles. The predicted octanol–water partition coefficient (Wildman–Crippen LogP) is 2.93. The minimum atomic E-state index is -0.423. The lowest BCUT2D eigenvalue weighted by Gasteiger charge is -2.09. The Hall–Kier alpha value is -2.34. The first-order valence-corrected chi connectivity index (χ1v) is 6.30. The third kappa shape index (κ3) is 2.37. The van der Waals surface area contributed by atoms with Gasteiger partial charge in [0.1, 0.15) is 10.8 Å². The Morgan fingerprint density at radius 2 is 1.95 bits per heavy atom. The van der Waals surface area contributed by atoms with Crippen molar-refractivity contribution in [1.29, 1.82) is 0 Å². The highest BCUT2D eigenvalue weighted by atomic mass is 32.1. The maximum Gasteiger partial charge on any atom is 0.231 e. The van der Waals surface area contributed by atoms with E-state index in [-0.39, 0.29) is 11.8 Å². The van der Waals surface area contributed by atoms with Gasteiger partial charge < -0.3 is 20.5 Å². The summed E-state index contributed by atoms with van der Waals surface area (Å²) >= 11 is 4.81. The molecule has 6 heteroatoms. The van der Waals surface area contributed by atoms with Crippen molar-refractivity contribution in [2.75, 3.05) is 12.1 Å². The first kappa shape index (κ1) is 12.7. The summed E-state index contributed by atoms with van der Waals surface area (Å²) in [6, 6.07) is 9.87. The fourth-order valence-electron chi connectivity index (χ4n) is 1.90. The van der Waals surface area contributed by atoms with Crippen LogP contribution >= 0.6 is 12.2 Å². The lowest BCUT2D eigenvalue weighted by molar-refractivity contribution is 0.174. The average Bonchev–Trinajstić information content (AvgIpc) is 2.88. The van der Waals surface area contributed by atoms with Gasteiger partial charge in [0.15, 0.2) is 11.5 Å². The second-order valence-corrected chi connectivity index (χ2v) is 4.69. The Bertz CT molecular complexity index is 691. The maximum atomic E-state index is 13.9. The highest BCUT2D eigenvalue weighted by Gasteiger charge is 2.14. The molecule has 0 radical (unpaired) electrons. The van der Waals surface area contributed by atoms with Crippen LogP contribution in [0.3, 0.4) is 0 Å². The summed E-state index contributed by atoms with van der Waals surface area (Å²) in [5, 5.41) is 2.97. The number of hydrogen-bond donors (Lipinski definition) is 2. The highest BCUT2D eigenvalue weighted by molar-refractivity contribution is 7.80. The van der Waals surface area contributed by atoms with Crippen molar-refractivity contribution >= 4 is 28.6 Å². The Morgan fingerprint density at radius 3 is 2.70 bits per heavy atom. The topological polar surface area (TPSA) is 56.5 Å². The Labute approximate surface area is 120 Å². The molecule has 2 aromatic carbocycles. The molecule has 2 aromatic rings. The molecule has 1 heterocycles. The molecule has 0 fully saturated rings. The van der Waals surface area contributed by atoms with E-state index in [1.807, 2.05) is 0 Å². The third-order valence-corrected chi connectivity index (χ3v) is 3.14. The molecule has 102 valence electrons. The second-order valence-electron chi connectivity index (χ2n) is 4.25. The molecule has 3 rings (SSSR count). The van der Waals surface area contributed by atoms with Crippen LogP contribution in [0.2, 0.25) is 0 Å². The summed E-state index contributed by atoms with van der Waals surface area (Å²) in [4.78, 5) is 0.165. The van der Waals surface area contributed by atoms with Gasteiger partial charge in [0.2, 0.25) is 6.79 Å². The molecule has 0 bridgehead atoms. The number of nitrogens with two attached hydrogens (primary N) is 1. The molecular weight excluding hydrogens is 279 g/mol. The van der Waals surface area contributed by atoms with Gasteiger partial charge in [-0.05, 0) is 30.3 Å². The number of thiocarbonyl (C=S) groups is 1. The molecule has 1 aliphatic heterocycles. The van der Waals surface area contributed by atoms with E-state index in [1.54, 1.807) is 30.3 Å². The molecule has 0 atom stereocenters. The van der Waals surface area contributed by atoms with E-state index in [0.717, 1.165) is 0 Å². The molecule has 20 heavy (non-hydrogen) atoms. The van der Waals surface area contributed by atoms with E-state index in [0.29, 0.717) is 28.4 Å². The van der Waals surface area contributed by atoms with Crippen molar-refractivity contribution in [2.45, 2.75) is 0 Å². The lowest BCUT2D eigenvalue weighted by Crippen LogP contribution is -2.09. The third-order valence-electron chi connectivity index (χ3n) is 2.91. The number of anilines is 2. The molecule has 0 saturated carbocycles. The molecule has 0 unspecified atom stereocenters. The molecule has 4 nitrogen and oxygen atoms in total. The van der Waals surface area contributed by atoms with Crippen LogP contribution < -0.4 is 20.5 Å². The molecular formula is C14H11FN2O2S. The normalized spacial score (nSPS) is 12.2. The first-order chi connectivity index (χ1) is 9.63. The Kier molecular flexibility index (Phi) is 3.15. The molecule has 1 aliphatic rings. The van der Waals surface area contributed by atoms with E-state index in [2.05, 4.69) is 5.32 Å². The van der Waals surface area contributed by atoms with E-state index in [1.165, 1.54) is 6.07 Å². The monoisotopic (exact) mass is 290 g/mol. The van der Waals surface area contributed by atoms with Crippen LogP contribution in [0.25, 0.3) is 0 Å². The van der Waals surface area contributed by atoms with Crippen LogP contribution in [-0.2, 0) is 0 Å². The quantitative estimate of drug-likeness (QED) is 0.851. The minimum Gasteiger partial charge on any atom is -0.454 e. The summed E-state index contributed by atoms with van der Waals surface area (Å²) in [6.45, 7) is 0.204. The van der Waals surface area contributed by atoms with Crippen LogP contribution in [0, 0.1) is 5.82 Å². The fourth-order valence-corrected chi connectivity index (χ4v) is 2.03. The zero-order valence-corrected chi connectivity index (χ0v) is 11.2. The van der Waals surface area contributed by atoms with Gasteiger partial charge in [-0.1, -0.05) is 12.2 Å². The van der Waals surface area contributed by atoms with Crippen LogP contribution in [0.5, 0.6) is 11.5 Å². The summed E-state index contributed by atoms with van der Waals surface area (Å²) in [7, 11) is 0. The summed E-state index contributed by atoms with van der Waals surface area (Å²) in [5.74, 6) is 0.892. The zero-order chi connectivity index (χ0) is 14.1. The van der Waals surface area contributed by atoms with Crippen LogP contribution in [-0.4, -0.2) is 11.8 Å². The number of fused-ring (bicyclic) bond motifs is 1. The largest absolute Gasteiger partial charge is 0.454 e. The molecule has 0 spiro atoms. The van der Waals surface area contributed by atoms with Crippen molar-refractivity contribution in [1.82, 2.24) is 0 Å². The van der Waals surface area contributed by atoms with Crippen molar-refractivity contribution < 1.29 is 13.9 Å². The van der Waals surface area contributed by atoms with Gasteiger partial charge in [-0.15, -0.1) is 0 Å². The van der Waals surface area contributed by atoms with E-state index >= 15 is 0 Å². The lowest BCUT2D eigenvalue weighted by atomic mass is 10.2. The van der Waals surface area contributed by atoms with Crippen molar-refractivity contribution in [3.8, 4) is 11.5 Å². The van der Waals surface area contributed by atoms with Crippen molar-refractivity contribution in [3.05, 3.63) is 47.8 Å². The van der Waals surface area contributed by atoms with E-state index < -0.39 is 5.82 Å². The highest BCUT2D eigenvalue weighted by Crippen LogP contribution is 2.35. The smallest absolute Gasteiger partial charge is 0.231 e. The Morgan fingerprint density at radius 1 is 1.15 bits per heavy atom. The number of nitrogens with one attached hydrogen (secondary N) is 1. The van der Waals surface area contributed by atoms with E-state index in [4.69, 9.17) is 27.4 Å². The summed E-state index contributed by atoms with van der Waals surface area (Å²) < 4.78 is 24.4. The molecule has 0 aromatic heterocycles. The first-order valence-electron chi connectivity index (χ1n) is 5.89. The molecule has 0 saturated heterocycles. The van der Waals surface area contributed by atoms with Gasteiger partial charge in [0.25, 0.3) is 0 Å². The molecule has 0 amide bonds. The number of ether oxygens (including phenoxy) is 2. The van der Waals surface area contributed by atoms with Gasteiger partial charge in [-0.3, -0.25) is 0 Å². The van der Waals surface area contributed by atoms with Gasteiger partial charge in [0, 0.05) is 17.3 Å². The number of rotatable bonds is 3. The predicted molar refractivity (Wildman–Crippen MR) is 78.1 cm³/mol. The standard InChI is InChI=1S/C14H11FN2O2S/c15-10-5-8(14(16)20)1-3-11(10)17-9-2-4-12-13(6-9)19-7-18-12/h1-6,17H,7H2,(H2,16,20). The summed E-state index contributed by atoms with van der Waals surface area (Å²) in [6.07, 6.45) is 0. The van der Waals surface area contributed by atoms with Gasteiger partial charge in [0.05, 0.1) is 5.69 Å². The van der Waals surface area contributed by atoms with Crippen LogP contribution in [0.4, 0.5) is 15.8 Å². The van der Waals surface area contributed by atoms with E-state index in [9.17, 15) is 4.39 Å². The van der Waals surface area contributed by atoms with Crippen LogP contribution in [0.15, 0.2) is 36.4 Å². The fraction of sp³-hybridized carbons (Fsp3) is 0.0714. The second kappa shape index (κ2) is 4.97. The number of hydrogen-bond acceptors (Lipinski definition) is 4. The molecule has 3 N–H and O–H groups in total. The average molecular weight is 290 g/mol. The van der Waals surface area contributed by atoms with Gasteiger partial charge in [-0.25, -0.2) is 4.39 Å². The van der Waals surface area contributed by atoms with Gasteiger partial charge in [-0.2, -0.15) is 0 Å². The Balaban J connectivity index is 1.86. The minimum absolute atomic E-state index is 0.165. The number of halogens is 1. The maximum absolute atomic E-state index is 13.9. The zero-order valence-electron chi connectivity index (χ0n) is 10.4. The van der Waals surface area contributed by atoms with Crippen molar-refractivity contribution in [2.24, 2.45) is 5.73 Å². The van der Waals surface area contributed by atoms with Crippen LogP contribution in [0.1, 0.15) is 5.56 Å². The number of benzene rings is 2. The van der Waals surface area contributed by atoms with Gasteiger partial charge >= 0.3 is 0 Å².